The van der Waals surface area contributed by atoms with Gasteiger partial charge in [-0.05, 0) is 42.7 Å². The third kappa shape index (κ3) is 2.38. The van der Waals surface area contributed by atoms with Gasteiger partial charge < -0.3 is 10.6 Å². The maximum Gasteiger partial charge on any atom is 0.220 e. The normalized spacial score (nSPS) is 27.9. The van der Waals surface area contributed by atoms with Crippen molar-refractivity contribution in [2.45, 2.75) is 44.2 Å². The first-order valence-electron chi connectivity index (χ1n) is 6.42. The van der Waals surface area contributed by atoms with Gasteiger partial charge in [0.15, 0.2) is 0 Å². The summed E-state index contributed by atoms with van der Waals surface area (Å²) in [6.07, 6.45) is 5.42. The molecule has 1 saturated heterocycles. The second-order valence-electron chi connectivity index (χ2n) is 4.96. The highest BCUT2D eigenvalue weighted by Crippen LogP contribution is 2.33. The number of hydrogen-bond acceptors (Lipinski definition) is 3. The number of fused-ring (bicyclic) bond motifs is 1. The van der Waals surface area contributed by atoms with E-state index in [0.717, 1.165) is 13.0 Å². The van der Waals surface area contributed by atoms with E-state index in [-0.39, 0.29) is 5.91 Å². The molecular formula is C13H18N2OS. The molecular weight excluding hydrogens is 232 g/mol. The van der Waals surface area contributed by atoms with Gasteiger partial charge in [-0.15, -0.1) is 11.3 Å². The van der Waals surface area contributed by atoms with Crippen LogP contribution in [0.3, 0.4) is 0 Å². The summed E-state index contributed by atoms with van der Waals surface area (Å²) in [5.74, 6) is 0.205. The average molecular weight is 250 g/mol. The predicted octanol–water partition coefficient (Wildman–Crippen LogP) is 1.99. The third-order valence-electron chi connectivity index (χ3n) is 3.75. The minimum Gasteiger partial charge on any atom is -0.352 e. The molecule has 92 valence electrons. The van der Waals surface area contributed by atoms with Crippen molar-refractivity contribution in [2.75, 3.05) is 6.54 Å². The van der Waals surface area contributed by atoms with Crippen molar-refractivity contribution in [1.29, 1.82) is 0 Å². The molecule has 3 rings (SSSR count). The Morgan fingerprint density at radius 3 is 3.18 bits per heavy atom. The summed E-state index contributed by atoms with van der Waals surface area (Å²) in [4.78, 5) is 12.7. The molecule has 0 spiro atoms. The smallest absolute Gasteiger partial charge is 0.220 e. The fourth-order valence-electron chi connectivity index (χ4n) is 2.81. The summed E-state index contributed by atoms with van der Waals surface area (Å²) < 4.78 is 0. The molecule has 1 aliphatic heterocycles. The molecule has 2 N–H and O–H groups in total. The van der Waals surface area contributed by atoms with Gasteiger partial charge in [-0.3, -0.25) is 4.79 Å². The molecule has 0 bridgehead atoms. The Morgan fingerprint density at radius 1 is 1.41 bits per heavy atom. The maximum atomic E-state index is 11.1. The molecule has 1 fully saturated rings. The Labute approximate surface area is 106 Å². The van der Waals surface area contributed by atoms with Crippen LogP contribution >= 0.6 is 11.3 Å². The Balaban J connectivity index is 1.58. The Hall–Kier alpha value is -0.870. The molecule has 4 heteroatoms. The van der Waals surface area contributed by atoms with Gasteiger partial charge in [-0.25, -0.2) is 0 Å². The van der Waals surface area contributed by atoms with Crippen LogP contribution in [0.2, 0.25) is 0 Å². The zero-order chi connectivity index (χ0) is 11.7. The highest BCUT2D eigenvalue weighted by atomic mass is 32.1. The quantitative estimate of drug-likeness (QED) is 0.861. The third-order valence-corrected chi connectivity index (χ3v) is 4.74. The Bertz CT molecular complexity index is 415. The van der Waals surface area contributed by atoms with Crippen LogP contribution in [0.5, 0.6) is 0 Å². The van der Waals surface area contributed by atoms with Gasteiger partial charge in [0, 0.05) is 29.9 Å². The molecule has 0 aromatic carbocycles. The molecule has 2 heterocycles. The van der Waals surface area contributed by atoms with Crippen molar-refractivity contribution in [1.82, 2.24) is 10.6 Å². The van der Waals surface area contributed by atoms with Crippen molar-refractivity contribution in [2.24, 2.45) is 0 Å². The van der Waals surface area contributed by atoms with E-state index in [1.165, 1.54) is 24.8 Å². The van der Waals surface area contributed by atoms with Crippen molar-refractivity contribution in [3.8, 4) is 0 Å². The molecule has 1 aromatic rings. The van der Waals surface area contributed by atoms with Crippen LogP contribution in [0.4, 0.5) is 0 Å². The zero-order valence-corrected chi connectivity index (χ0v) is 10.7. The highest BCUT2D eigenvalue weighted by molar-refractivity contribution is 7.10. The Morgan fingerprint density at radius 2 is 2.35 bits per heavy atom. The van der Waals surface area contributed by atoms with E-state index >= 15 is 0 Å². The van der Waals surface area contributed by atoms with Crippen LogP contribution in [-0.2, 0) is 11.2 Å². The SMILES string of the molecule is O=C1CCC(CNC2CCCc3sccc32)N1. The number of amides is 1. The second kappa shape index (κ2) is 4.78. The number of aryl methyl sites for hydroxylation is 1. The van der Waals surface area contributed by atoms with Crippen molar-refractivity contribution in [3.63, 3.8) is 0 Å². The second-order valence-corrected chi connectivity index (χ2v) is 5.96. The van der Waals surface area contributed by atoms with Gasteiger partial charge in [0.05, 0.1) is 0 Å². The van der Waals surface area contributed by atoms with Crippen LogP contribution in [-0.4, -0.2) is 18.5 Å². The lowest BCUT2D eigenvalue weighted by atomic mass is 9.94. The molecule has 1 aromatic heterocycles. The first-order valence-corrected chi connectivity index (χ1v) is 7.30. The van der Waals surface area contributed by atoms with Gasteiger partial charge in [0.1, 0.15) is 0 Å². The monoisotopic (exact) mass is 250 g/mol. The van der Waals surface area contributed by atoms with Gasteiger partial charge >= 0.3 is 0 Å². The van der Waals surface area contributed by atoms with Crippen LogP contribution in [0.25, 0.3) is 0 Å². The average Bonchev–Trinajstić information content (AvgIpc) is 2.94. The summed E-state index contributed by atoms with van der Waals surface area (Å²) in [6, 6.07) is 3.10. The van der Waals surface area contributed by atoms with Crippen molar-refractivity contribution >= 4 is 17.2 Å². The summed E-state index contributed by atoms with van der Waals surface area (Å²) >= 11 is 1.88. The molecule has 0 saturated carbocycles. The van der Waals surface area contributed by atoms with E-state index in [2.05, 4.69) is 22.1 Å². The van der Waals surface area contributed by atoms with Crippen molar-refractivity contribution in [3.05, 3.63) is 21.9 Å². The molecule has 3 nitrogen and oxygen atoms in total. The number of thiophene rings is 1. The van der Waals surface area contributed by atoms with E-state index in [1.807, 2.05) is 11.3 Å². The standard InChI is InChI=1S/C13H18N2OS/c16-13-5-4-9(15-13)8-14-11-2-1-3-12-10(11)6-7-17-12/h6-7,9,11,14H,1-5,8H2,(H,15,16). The Kier molecular flexibility index (Phi) is 3.16. The number of carbonyl (C=O) groups is 1. The van der Waals surface area contributed by atoms with Crippen LogP contribution < -0.4 is 10.6 Å². The maximum absolute atomic E-state index is 11.1. The van der Waals surface area contributed by atoms with Crippen LogP contribution in [0.15, 0.2) is 11.4 Å². The van der Waals surface area contributed by atoms with Crippen LogP contribution in [0.1, 0.15) is 42.2 Å². The summed E-state index contributed by atoms with van der Waals surface area (Å²) in [7, 11) is 0. The van der Waals surface area contributed by atoms with E-state index < -0.39 is 0 Å². The van der Waals surface area contributed by atoms with Gasteiger partial charge in [0.25, 0.3) is 0 Å². The lowest BCUT2D eigenvalue weighted by Crippen LogP contribution is -2.37. The number of rotatable bonds is 3. The molecule has 1 aliphatic carbocycles. The van der Waals surface area contributed by atoms with E-state index in [9.17, 15) is 4.79 Å². The van der Waals surface area contributed by atoms with Crippen molar-refractivity contribution < 1.29 is 4.79 Å². The number of hydrogen-bond donors (Lipinski definition) is 2. The van der Waals surface area contributed by atoms with E-state index in [1.54, 1.807) is 4.88 Å². The summed E-state index contributed by atoms with van der Waals surface area (Å²) in [5.41, 5.74) is 1.49. The summed E-state index contributed by atoms with van der Waals surface area (Å²) in [6.45, 7) is 0.908. The molecule has 1 amide bonds. The first kappa shape index (κ1) is 11.2. The van der Waals surface area contributed by atoms with Gasteiger partial charge in [0.2, 0.25) is 5.91 Å². The first-order chi connectivity index (χ1) is 8.33. The fourth-order valence-corrected chi connectivity index (χ4v) is 3.80. The largest absolute Gasteiger partial charge is 0.352 e. The zero-order valence-electron chi connectivity index (χ0n) is 9.87. The molecule has 0 radical (unpaired) electrons. The summed E-state index contributed by atoms with van der Waals surface area (Å²) in [5, 5.41) is 8.83. The lowest BCUT2D eigenvalue weighted by Gasteiger charge is -2.25. The van der Waals surface area contributed by atoms with Crippen LogP contribution in [0, 0.1) is 0 Å². The minimum atomic E-state index is 0.205. The lowest BCUT2D eigenvalue weighted by molar-refractivity contribution is -0.119. The molecule has 2 unspecified atom stereocenters. The predicted molar refractivity (Wildman–Crippen MR) is 69.2 cm³/mol. The fraction of sp³-hybridized carbons (Fsp3) is 0.615. The van der Waals surface area contributed by atoms with E-state index in [4.69, 9.17) is 0 Å². The molecule has 2 atom stereocenters. The topological polar surface area (TPSA) is 41.1 Å². The van der Waals surface area contributed by atoms with Gasteiger partial charge in [-0.1, -0.05) is 0 Å². The minimum absolute atomic E-state index is 0.205. The van der Waals surface area contributed by atoms with E-state index in [0.29, 0.717) is 18.5 Å². The molecule has 17 heavy (non-hydrogen) atoms. The molecule has 2 aliphatic rings. The highest BCUT2D eigenvalue weighted by Gasteiger charge is 2.24. The van der Waals surface area contributed by atoms with Gasteiger partial charge in [-0.2, -0.15) is 0 Å². The number of carbonyl (C=O) groups excluding carboxylic acids is 1. The number of nitrogens with one attached hydrogen (secondary N) is 2.